The SMILES string of the molecule is COCCNC(N)=NCc1cccc(CN2CCCC(C(N)=O)C2)c1.I. The van der Waals surface area contributed by atoms with Crippen LogP contribution in [-0.2, 0) is 22.6 Å². The Morgan fingerprint density at radius 3 is 2.88 bits per heavy atom. The molecule has 0 bridgehead atoms. The first kappa shape index (κ1) is 22.7. The van der Waals surface area contributed by atoms with Crippen LogP contribution in [0.2, 0.25) is 0 Å². The first-order valence-electron chi connectivity index (χ1n) is 8.70. The Labute approximate surface area is 172 Å². The number of piperidine rings is 1. The Balaban J connectivity index is 0.00000338. The van der Waals surface area contributed by atoms with E-state index in [-0.39, 0.29) is 35.8 Å². The molecule has 0 aliphatic carbocycles. The lowest BCUT2D eigenvalue weighted by atomic mass is 9.97. The highest BCUT2D eigenvalue weighted by Crippen LogP contribution is 2.18. The number of nitrogens with zero attached hydrogens (tertiary/aromatic N) is 2. The van der Waals surface area contributed by atoms with Crippen LogP contribution in [0.3, 0.4) is 0 Å². The first-order chi connectivity index (χ1) is 12.1. The van der Waals surface area contributed by atoms with Gasteiger partial charge >= 0.3 is 0 Å². The predicted octanol–water partition coefficient (Wildman–Crippen LogP) is 1.05. The number of methoxy groups -OCH3 is 1. The van der Waals surface area contributed by atoms with Crippen molar-refractivity contribution in [1.82, 2.24) is 10.2 Å². The maximum Gasteiger partial charge on any atom is 0.221 e. The van der Waals surface area contributed by atoms with Crippen LogP contribution in [0.4, 0.5) is 0 Å². The fourth-order valence-electron chi connectivity index (χ4n) is 3.03. The van der Waals surface area contributed by atoms with Crippen LogP contribution in [0.15, 0.2) is 29.3 Å². The van der Waals surface area contributed by atoms with E-state index in [4.69, 9.17) is 16.2 Å². The lowest BCUT2D eigenvalue weighted by molar-refractivity contribution is -0.123. The molecule has 0 aromatic heterocycles. The van der Waals surface area contributed by atoms with Gasteiger partial charge in [-0.2, -0.15) is 0 Å². The van der Waals surface area contributed by atoms with Crippen LogP contribution < -0.4 is 16.8 Å². The number of primary amides is 1. The summed E-state index contributed by atoms with van der Waals surface area (Å²) in [5, 5.41) is 3.00. The van der Waals surface area contributed by atoms with Crippen molar-refractivity contribution in [1.29, 1.82) is 0 Å². The third kappa shape index (κ3) is 7.88. The van der Waals surface area contributed by atoms with Gasteiger partial charge in [-0.25, -0.2) is 4.99 Å². The number of benzene rings is 1. The Morgan fingerprint density at radius 2 is 2.15 bits per heavy atom. The second-order valence-electron chi connectivity index (χ2n) is 6.42. The largest absolute Gasteiger partial charge is 0.383 e. The minimum atomic E-state index is -0.191. The van der Waals surface area contributed by atoms with Crippen molar-refractivity contribution in [3.63, 3.8) is 0 Å². The molecular formula is C18H30IN5O2. The molecule has 146 valence electrons. The lowest BCUT2D eigenvalue weighted by Crippen LogP contribution is -2.40. The number of carbonyl (C=O) groups excluding carboxylic acids is 1. The standard InChI is InChI=1S/C18H29N5O2.HI/c1-25-9-7-21-18(20)22-11-14-4-2-5-15(10-14)12-23-8-3-6-16(13-23)17(19)24;/h2,4-5,10,16H,3,6-9,11-13H2,1H3,(H2,19,24)(H3,20,21,22);1H. The topological polar surface area (TPSA) is 106 Å². The van der Waals surface area contributed by atoms with E-state index in [0.717, 1.165) is 38.0 Å². The smallest absolute Gasteiger partial charge is 0.221 e. The zero-order valence-electron chi connectivity index (χ0n) is 15.3. The summed E-state index contributed by atoms with van der Waals surface area (Å²) in [6, 6.07) is 8.31. The third-order valence-corrected chi connectivity index (χ3v) is 4.35. The molecule has 2 rings (SSSR count). The molecule has 1 amide bonds. The van der Waals surface area contributed by atoms with Gasteiger partial charge < -0.3 is 21.5 Å². The average molecular weight is 475 g/mol. The van der Waals surface area contributed by atoms with E-state index >= 15 is 0 Å². The minimum absolute atomic E-state index is 0. The highest BCUT2D eigenvalue weighted by Gasteiger charge is 2.23. The maximum atomic E-state index is 11.4. The molecule has 1 atom stereocenters. The van der Waals surface area contributed by atoms with Crippen molar-refractivity contribution in [3.8, 4) is 0 Å². The van der Waals surface area contributed by atoms with Crippen LogP contribution in [0.5, 0.6) is 0 Å². The van der Waals surface area contributed by atoms with Crippen LogP contribution in [0.1, 0.15) is 24.0 Å². The molecule has 26 heavy (non-hydrogen) atoms. The number of halogens is 1. The van der Waals surface area contributed by atoms with Crippen LogP contribution >= 0.6 is 24.0 Å². The summed E-state index contributed by atoms with van der Waals surface area (Å²) in [5.74, 6) is 0.200. The van der Waals surface area contributed by atoms with E-state index in [0.29, 0.717) is 25.7 Å². The van der Waals surface area contributed by atoms with Gasteiger partial charge in [-0.05, 0) is 30.5 Å². The highest BCUT2D eigenvalue weighted by molar-refractivity contribution is 14.0. The van der Waals surface area contributed by atoms with Gasteiger partial charge in [0.05, 0.1) is 19.1 Å². The zero-order valence-corrected chi connectivity index (χ0v) is 17.6. The van der Waals surface area contributed by atoms with E-state index in [1.54, 1.807) is 7.11 Å². The molecule has 5 N–H and O–H groups in total. The molecule has 1 fully saturated rings. The molecule has 7 nitrogen and oxygen atoms in total. The van der Waals surface area contributed by atoms with Gasteiger partial charge in [-0.15, -0.1) is 24.0 Å². The summed E-state index contributed by atoms with van der Waals surface area (Å²) < 4.78 is 4.96. The molecular weight excluding hydrogens is 445 g/mol. The number of nitrogens with one attached hydrogen (secondary N) is 1. The Bertz CT molecular complexity index is 597. The number of hydrogen-bond acceptors (Lipinski definition) is 4. The number of carbonyl (C=O) groups is 1. The average Bonchev–Trinajstić information content (AvgIpc) is 2.61. The van der Waals surface area contributed by atoms with Gasteiger partial charge in [0.15, 0.2) is 5.96 Å². The van der Waals surface area contributed by atoms with Crippen molar-refractivity contribution in [3.05, 3.63) is 35.4 Å². The molecule has 1 heterocycles. The van der Waals surface area contributed by atoms with Gasteiger partial charge in [0.25, 0.3) is 0 Å². The number of hydrogen-bond donors (Lipinski definition) is 3. The summed E-state index contributed by atoms with van der Waals surface area (Å²) in [7, 11) is 1.65. The van der Waals surface area contributed by atoms with Gasteiger partial charge in [0, 0.05) is 26.7 Å². The summed E-state index contributed by atoms with van der Waals surface area (Å²) in [6.07, 6.45) is 1.91. The van der Waals surface area contributed by atoms with Crippen LogP contribution in [-0.4, -0.2) is 50.1 Å². The molecule has 0 spiro atoms. The number of ether oxygens (including phenoxy) is 1. The summed E-state index contributed by atoms with van der Waals surface area (Å²) in [4.78, 5) is 18.0. The Kier molecular flexibility index (Phi) is 10.5. The Hall–Kier alpha value is -1.39. The molecule has 1 aromatic rings. The second-order valence-corrected chi connectivity index (χ2v) is 6.42. The predicted molar refractivity (Wildman–Crippen MR) is 114 cm³/mol. The summed E-state index contributed by atoms with van der Waals surface area (Å²) >= 11 is 0. The number of guanidine groups is 1. The number of likely N-dealkylation sites (tertiary alicyclic amines) is 1. The zero-order chi connectivity index (χ0) is 18.1. The van der Waals surface area contributed by atoms with Gasteiger partial charge in [0.2, 0.25) is 5.91 Å². The van der Waals surface area contributed by atoms with Gasteiger partial charge in [-0.3, -0.25) is 9.69 Å². The number of nitrogens with two attached hydrogens (primary N) is 2. The molecule has 1 unspecified atom stereocenters. The van der Waals surface area contributed by atoms with E-state index in [1.807, 2.05) is 12.1 Å². The number of rotatable bonds is 8. The van der Waals surface area contributed by atoms with Gasteiger partial charge in [0.1, 0.15) is 0 Å². The van der Waals surface area contributed by atoms with E-state index in [9.17, 15) is 4.79 Å². The summed E-state index contributed by atoms with van der Waals surface area (Å²) in [5.41, 5.74) is 13.6. The van der Waals surface area contributed by atoms with E-state index in [2.05, 4.69) is 27.3 Å². The van der Waals surface area contributed by atoms with Gasteiger partial charge in [-0.1, -0.05) is 24.3 Å². The monoisotopic (exact) mass is 475 g/mol. The van der Waals surface area contributed by atoms with Crippen molar-refractivity contribution >= 4 is 35.8 Å². The van der Waals surface area contributed by atoms with Crippen molar-refractivity contribution in [2.75, 3.05) is 33.4 Å². The second kappa shape index (κ2) is 12.1. The molecule has 1 aliphatic rings. The van der Waals surface area contributed by atoms with E-state index in [1.165, 1.54) is 5.56 Å². The molecule has 1 aliphatic heterocycles. The molecule has 0 saturated carbocycles. The van der Waals surface area contributed by atoms with Crippen LogP contribution in [0, 0.1) is 5.92 Å². The van der Waals surface area contributed by atoms with Crippen molar-refractivity contribution in [2.24, 2.45) is 22.4 Å². The van der Waals surface area contributed by atoms with E-state index < -0.39 is 0 Å². The number of amides is 1. The number of aliphatic imine (C=N–C) groups is 1. The first-order valence-corrected chi connectivity index (χ1v) is 8.70. The quantitative estimate of drug-likeness (QED) is 0.226. The highest BCUT2D eigenvalue weighted by atomic mass is 127. The lowest BCUT2D eigenvalue weighted by Gasteiger charge is -2.31. The fourth-order valence-corrected chi connectivity index (χ4v) is 3.03. The third-order valence-electron chi connectivity index (χ3n) is 4.35. The molecule has 0 radical (unpaired) electrons. The molecule has 1 saturated heterocycles. The normalized spacial score (nSPS) is 18.2. The maximum absolute atomic E-state index is 11.4. The van der Waals surface area contributed by atoms with Crippen molar-refractivity contribution < 1.29 is 9.53 Å². The fraction of sp³-hybridized carbons (Fsp3) is 0.556. The summed E-state index contributed by atoms with van der Waals surface area (Å²) in [6.45, 7) is 4.33. The Morgan fingerprint density at radius 1 is 1.38 bits per heavy atom. The molecule has 8 heteroatoms. The van der Waals surface area contributed by atoms with Crippen molar-refractivity contribution in [2.45, 2.75) is 25.9 Å². The van der Waals surface area contributed by atoms with Crippen LogP contribution in [0.25, 0.3) is 0 Å². The molecule has 1 aromatic carbocycles. The minimum Gasteiger partial charge on any atom is -0.383 e.